The quantitative estimate of drug-likeness (QED) is 0.338. The van der Waals surface area contributed by atoms with Crippen LogP contribution in [0.4, 0.5) is 0 Å². The highest BCUT2D eigenvalue weighted by Gasteiger charge is 2.12. The first-order chi connectivity index (χ1) is 16.2. The highest BCUT2D eigenvalue weighted by atomic mass is 16.4. The molecule has 3 heterocycles. The molecule has 0 unspecified atom stereocenters. The lowest BCUT2D eigenvalue weighted by molar-refractivity contribution is -0.693. The Morgan fingerprint density at radius 1 is 0.485 bits per heavy atom. The van der Waals surface area contributed by atoms with Crippen molar-refractivity contribution in [3.05, 3.63) is 97.6 Å². The van der Waals surface area contributed by atoms with Crippen LogP contribution < -0.4 is 9.13 Å². The fourth-order valence-corrected chi connectivity index (χ4v) is 3.79. The van der Waals surface area contributed by atoms with E-state index in [-0.39, 0.29) is 0 Å². The molecule has 0 saturated carbocycles. The molecule has 3 aromatic heterocycles. The Balaban J connectivity index is 1.33. The first-order valence-corrected chi connectivity index (χ1v) is 11.3. The molecule has 0 aliphatic rings. The molecule has 0 amide bonds. The summed E-state index contributed by atoms with van der Waals surface area (Å²) in [6.45, 7) is 6.19. The lowest BCUT2D eigenvalue weighted by Crippen LogP contribution is -2.30. The van der Waals surface area contributed by atoms with Crippen LogP contribution in [0.2, 0.25) is 0 Å². The number of hydrogen-bond acceptors (Lipinski definition) is 3. The van der Waals surface area contributed by atoms with Crippen molar-refractivity contribution in [2.75, 3.05) is 0 Å². The minimum atomic E-state index is 0.518. The van der Waals surface area contributed by atoms with Crippen LogP contribution >= 0.6 is 0 Å². The predicted octanol–water partition coefficient (Wildman–Crippen LogP) is 5.35. The van der Waals surface area contributed by atoms with E-state index in [2.05, 4.69) is 106 Å². The molecule has 5 nitrogen and oxygen atoms in total. The molecule has 0 bridgehead atoms. The van der Waals surface area contributed by atoms with E-state index in [0.29, 0.717) is 11.8 Å². The van der Waals surface area contributed by atoms with Gasteiger partial charge in [0.2, 0.25) is 11.8 Å². The number of rotatable bonds is 6. The van der Waals surface area contributed by atoms with Gasteiger partial charge in [-0.15, -0.1) is 10.2 Å². The molecule has 162 valence electrons. The minimum Gasteiger partial charge on any atom is -0.416 e. The van der Waals surface area contributed by atoms with E-state index in [1.807, 2.05) is 24.3 Å². The maximum Gasteiger partial charge on any atom is 0.248 e. The van der Waals surface area contributed by atoms with Gasteiger partial charge in [-0.3, -0.25) is 0 Å². The second kappa shape index (κ2) is 9.17. The van der Waals surface area contributed by atoms with E-state index >= 15 is 0 Å². The Kier molecular flexibility index (Phi) is 5.77. The molecule has 0 N–H and O–H groups in total. The zero-order valence-corrected chi connectivity index (χ0v) is 18.8. The topological polar surface area (TPSA) is 46.7 Å². The Morgan fingerprint density at radius 2 is 0.788 bits per heavy atom. The number of benzene rings is 2. The van der Waals surface area contributed by atoms with Crippen molar-refractivity contribution >= 4 is 0 Å². The minimum absolute atomic E-state index is 0.518. The van der Waals surface area contributed by atoms with Gasteiger partial charge in [0.25, 0.3) is 0 Å². The molecule has 5 rings (SSSR count). The smallest absolute Gasteiger partial charge is 0.248 e. The van der Waals surface area contributed by atoms with E-state index in [1.54, 1.807) is 0 Å². The van der Waals surface area contributed by atoms with E-state index in [4.69, 9.17) is 4.42 Å². The van der Waals surface area contributed by atoms with E-state index in [0.717, 1.165) is 35.3 Å². The molecule has 5 aromatic rings. The first kappa shape index (κ1) is 20.8. The fourth-order valence-electron chi connectivity index (χ4n) is 3.79. The lowest BCUT2D eigenvalue weighted by atomic mass is 10.0. The van der Waals surface area contributed by atoms with Gasteiger partial charge in [-0.1, -0.05) is 24.3 Å². The summed E-state index contributed by atoms with van der Waals surface area (Å²) in [6.07, 6.45) is 8.38. The van der Waals surface area contributed by atoms with Crippen LogP contribution in [-0.4, -0.2) is 10.2 Å². The molecule has 2 aromatic carbocycles. The maximum absolute atomic E-state index is 5.98. The molecular formula is C28H26N4O+2. The summed E-state index contributed by atoms with van der Waals surface area (Å²) in [4.78, 5) is 0. The highest BCUT2D eigenvalue weighted by molar-refractivity contribution is 5.68. The van der Waals surface area contributed by atoms with Gasteiger partial charge in [0.05, 0.1) is 0 Å². The van der Waals surface area contributed by atoms with Gasteiger partial charge in [0, 0.05) is 35.4 Å². The van der Waals surface area contributed by atoms with Crippen LogP contribution in [0.1, 0.15) is 13.8 Å². The Labute approximate surface area is 193 Å². The van der Waals surface area contributed by atoms with Crippen molar-refractivity contribution in [2.45, 2.75) is 26.9 Å². The van der Waals surface area contributed by atoms with Crippen LogP contribution in [0.25, 0.3) is 45.2 Å². The van der Waals surface area contributed by atoms with Crippen molar-refractivity contribution in [1.29, 1.82) is 0 Å². The van der Waals surface area contributed by atoms with Gasteiger partial charge in [0.15, 0.2) is 24.8 Å². The monoisotopic (exact) mass is 434 g/mol. The van der Waals surface area contributed by atoms with Gasteiger partial charge in [-0.05, 0) is 60.4 Å². The van der Waals surface area contributed by atoms with Crippen LogP contribution in [-0.2, 0) is 13.1 Å². The first-order valence-electron chi connectivity index (χ1n) is 11.3. The Bertz CT molecular complexity index is 1230. The standard InChI is InChI=1S/C28H26N4O/c1-3-31-17-13-23(14-18-31)21-5-9-25(10-6-21)27-29-30-28(33-27)26-11-7-22(8-12-26)24-15-19-32(4-2)20-16-24/h5-20H,3-4H2,1-2H3/q+2. The van der Waals surface area contributed by atoms with Gasteiger partial charge in [-0.25, -0.2) is 9.13 Å². The predicted molar refractivity (Wildman–Crippen MR) is 128 cm³/mol. The normalized spacial score (nSPS) is 11.0. The summed E-state index contributed by atoms with van der Waals surface area (Å²) in [6, 6.07) is 24.9. The lowest BCUT2D eigenvalue weighted by Gasteiger charge is -2.02. The molecule has 0 saturated heterocycles. The van der Waals surface area contributed by atoms with Crippen molar-refractivity contribution in [2.24, 2.45) is 0 Å². The maximum atomic E-state index is 5.98. The third kappa shape index (κ3) is 4.44. The summed E-state index contributed by atoms with van der Waals surface area (Å²) in [5, 5.41) is 8.53. The molecule has 5 heteroatoms. The van der Waals surface area contributed by atoms with Crippen LogP contribution in [0.15, 0.2) is 102 Å². The molecule has 0 radical (unpaired) electrons. The summed E-state index contributed by atoms with van der Waals surface area (Å²) in [5.41, 5.74) is 6.48. The average Bonchev–Trinajstić information content (AvgIpc) is 3.39. The van der Waals surface area contributed by atoms with E-state index < -0.39 is 0 Å². The number of pyridine rings is 2. The van der Waals surface area contributed by atoms with Gasteiger partial charge >= 0.3 is 0 Å². The second-order valence-corrected chi connectivity index (χ2v) is 7.90. The molecular weight excluding hydrogens is 408 g/mol. The van der Waals surface area contributed by atoms with Crippen LogP contribution in [0.5, 0.6) is 0 Å². The van der Waals surface area contributed by atoms with Crippen molar-refractivity contribution < 1.29 is 13.6 Å². The second-order valence-electron chi connectivity index (χ2n) is 7.90. The number of nitrogens with zero attached hydrogens (tertiary/aromatic N) is 4. The summed E-state index contributed by atoms with van der Waals surface area (Å²) in [5.74, 6) is 1.04. The zero-order valence-electron chi connectivity index (χ0n) is 18.8. The van der Waals surface area contributed by atoms with Gasteiger partial charge in [0.1, 0.15) is 13.1 Å². The molecule has 0 fully saturated rings. The third-order valence-corrected chi connectivity index (χ3v) is 5.87. The number of aryl methyl sites for hydroxylation is 2. The summed E-state index contributed by atoms with van der Waals surface area (Å²) in [7, 11) is 0. The van der Waals surface area contributed by atoms with Gasteiger partial charge < -0.3 is 4.42 Å². The van der Waals surface area contributed by atoms with Gasteiger partial charge in [-0.2, -0.15) is 0 Å². The van der Waals surface area contributed by atoms with Crippen molar-refractivity contribution in [1.82, 2.24) is 10.2 Å². The van der Waals surface area contributed by atoms with Crippen molar-refractivity contribution in [3.63, 3.8) is 0 Å². The van der Waals surface area contributed by atoms with Crippen LogP contribution in [0, 0.1) is 0 Å². The number of hydrogen-bond donors (Lipinski definition) is 0. The van der Waals surface area contributed by atoms with E-state index in [9.17, 15) is 0 Å². The largest absolute Gasteiger partial charge is 0.416 e. The number of aromatic nitrogens is 4. The molecule has 0 atom stereocenters. The molecule has 0 spiro atoms. The zero-order chi connectivity index (χ0) is 22.6. The molecule has 33 heavy (non-hydrogen) atoms. The highest BCUT2D eigenvalue weighted by Crippen LogP contribution is 2.28. The summed E-state index contributed by atoms with van der Waals surface area (Å²) < 4.78 is 10.3. The van der Waals surface area contributed by atoms with Crippen LogP contribution in [0.3, 0.4) is 0 Å². The summed E-state index contributed by atoms with van der Waals surface area (Å²) >= 11 is 0. The Morgan fingerprint density at radius 3 is 1.12 bits per heavy atom. The third-order valence-electron chi connectivity index (χ3n) is 5.87. The molecule has 0 aliphatic carbocycles. The Hall–Kier alpha value is -4.12. The fraction of sp³-hybridized carbons (Fsp3) is 0.143. The molecule has 0 aliphatic heterocycles. The SMILES string of the molecule is CC[n+]1ccc(-c2ccc(-c3nnc(-c4ccc(-c5cc[n+](CC)cc5)cc4)o3)cc2)cc1. The average molecular weight is 435 g/mol. The van der Waals surface area contributed by atoms with E-state index in [1.165, 1.54) is 11.1 Å². The van der Waals surface area contributed by atoms with Crippen molar-refractivity contribution in [3.8, 4) is 45.2 Å².